The van der Waals surface area contributed by atoms with Gasteiger partial charge in [-0.1, -0.05) is 83.3 Å². The number of nitrogens with two attached hydrogens (primary N) is 1. The van der Waals surface area contributed by atoms with Crippen molar-refractivity contribution in [1.82, 2.24) is 10.2 Å². The minimum atomic E-state index is -0.652. The van der Waals surface area contributed by atoms with Gasteiger partial charge >= 0.3 is 0 Å². The fourth-order valence-corrected chi connectivity index (χ4v) is 7.45. The molecule has 1 aromatic heterocycles. The second kappa shape index (κ2) is 14.7. The summed E-state index contributed by atoms with van der Waals surface area (Å²) in [4.78, 5) is 41.3. The van der Waals surface area contributed by atoms with Crippen molar-refractivity contribution < 1.29 is 24.2 Å². The van der Waals surface area contributed by atoms with Crippen LogP contribution in [0.2, 0.25) is 15.1 Å². The van der Waals surface area contributed by atoms with E-state index in [2.05, 4.69) is 5.32 Å². The Labute approximate surface area is 279 Å². The predicted molar refractivity (Wildman–Crippen MR) is 178 cm³/mol. The Balaban J connectivity index is 1.61. The number of rotatable bonds is 10. The zero-order valence-corrected chi connectivity index (χ0v) is 27.1. The van der Waals surface area contributed by atoms with E-state index in [-0.39, 0.29) is 31.5 Å². The molecule has 4 aromatic rings. The number of halogens is 3. The molecule has 2 unspecified atom stereocenters. The molecule has 0 bridgehead atoms. The number of likely N-dealkylation sites (tertiary alicyclic amines) is 1. The van der Waals surface area contributed by atoms with Crippen LogP contribution in [0.4, 0.5) is 0 Å². The summed E-state index contributed by atoms with van der Waals surface area (Å²) < 4.78 is 6.29. The molecule has 0 radical (unpaired) electrons. The van der Waals surface area contributed by atoms with Crippen molar-refractivity contribution in [3.63, 3.8) is 0 Å². The average Bonchev–Trinajstić information content (AvgIpc) is 3.41. The molecule has 3 aromatic carbocycles. The van der Waals surface area contributed by atoms with Crippen LogP contribution >= 0.6 is 46.1 Å². The molecule has 2 heterocycles. The molecule has 0 spiro atoms. The van der Waals surface area contributed by atoms with Gasteiger partial charge in [-0.25, -0.2) is 0 Å². The lowest BCUT2D eigenvalue weighted by Crippen LogP contribution is -2.46. The fourth-order valence-electron chi connectivity index (χ4n) is 5.49. The molecular weight excluding hydrogens is 657 g/mol. The molecular formula is C33H30Cl3N3O5S. The van der Waals surface area contributed by atoms with Crippen molar-refractivity contribution >= 4 is 63.9 Å². The summed E-state index contributed by atoms with van der Waals surface area (Å²) >= 11 is 20.4. The first-order valence-corrected chi connectivity index (χ1v) is 16.1. The summed E-state index contributed by atoms with van der Waals surface area (Å²) in [5.74, 6) is -1.59. The second-order valence-corrected chi connectivity index (χ2v) is 12.8. The van der Waals surface area contributed by atoms with E-state index in [1.165, 1.54) is 11.3 Å². The molecule has 234 valence electrons. The van der Waals surface area contributed by atoms with Gasteiger partial charge < -0.3 is 25.8 Å². The van der Waals surface area contributed by atoms with Gasteiger partial charge in [0.1, 0.15) is 18.1 Å². The lowest BCUT2D eigenvalue weighted by molar-refractivity contribution is -0.124. The van der Waals surface area contributed by atoms with Gasteiger partial charge in [0.15, 0.2) is 5.75 Å². The Morgan fingerprint density at radius 2 is 1.71 bits per heavy atom. The Morgan fingerprint density at radius 3 is 2.38 bits per heavy atom. The standard InChI is InChI=1S/C33H30Cl3N3O5S/c34-21-8-6-20(7-9-21)28-29(44-15-13-38-27(41)18-40)31(45-30(28)24-11-10-22(35)16-26(24)36)33(43)39-14-12-23(32(37)42)25(17-39)19-4-2-1-3-5-19/h1-11,16,23,25,40H,12-15,17-18H2,(H2,37,42)(H,38,41). The van der Waals surface area contributed by atoms with E-state index < -0.39 is 24.3 Å². The number of nitrogens with zero attached hydrogens (tertiary/aromatic N) is 1. The van der Waals surface area contributed by atoms with Crippen LogP contribution in [-0.4, -0.2) is 60.6 Å². The van der Waals surface area contributed by atoms with Crippen LogP contribution in [0.3, 0.4) is 0 Å². The van der Waals surface area contributed by atoms with Gasteiger partial charge in [-0.2, -0.15) is 0 Å². The maximum Gasteiger partial charge on any atom is 0.267 e. The molecule has 0 aliphatic carbocycles. The molecule has 5 rings (SSSR count). The number of piperidine rings is 1. The predicted octanol–water partition coefficient (Wildman–Crippen LogP) is 6.26. The van der Waals surface area contributed by atoms with Gasteiger partial charge in [-0.3, -0.25) is 14.4 Å². The topological polar surface area (TPSA) is 122 Å². The Hall–Kier alpha value is -3.60. The third kappa shape index (κ3) is 7.45. The number of benzene rings is 3. The first-order chi connectivity index (χ1) is 21.7. The number of aliphatic hydroxyl groups excluding tert-OH is 1. The summed E-state index contributed by atoms with van der Waals surface area (Å²) in [5, 5.41) is 13.1. The minimum Gasteiger partial charge on any atom is -0.489 e. The highest BCUT2D eigenvalue weighted by Gasteiger charge is 2.38. The minimum absolute atomic E-state index is 0.0214. The smallest absolute Gasteiger partial charge is 0.267 e. The first kappa shape index (κ1) is 32.8. The van der Waals surface area contributed by atoms with Crippen LogP contribution in [0.25, 0.3) is 21.6 Å². The maximum atomic E-state index is 14.4. The SMILES string of the molecule is NC(=O)C1CCN(C(=O)c2sc(-c3ccc(Cl)cc3Cl)c(-c3ccc(Cl)cc3)c2OCCNC(=O)CO)CC1c1ccccc1. The highest BCUT2D eigenvalue weighted by atomic mass is 35.5. The summed E-state index contributed by atoms with van der Waals surface area (Å²) in [6.45, 7) is 0.0789. The molecule has 4 N–H and O–H groups in total. The summed E-state index contributed by atoms with van der Waals surface area (Å²) in [7, 11) is 0. The van der Waals surface area contributed by atoms with Crippen molar-refractivity contribution in [1.29, 1.82) is 0 Å². The fraction of sp³-hybridized carbons (Fsp3) is 0.242. The highest BCUT2D eigenvalue weighted by molar-refractivity contribution is 7.18. The van der Waals surface area contributed by atoms with Crippen molar-refractivity contribution in [2.45, 2.75) is 12.3 Å². The van der Waals surface area contributed by atoms with E-state index in [1.54, 1.807) is 35.2 Å². The van der Waals surface area contributed by atoms with Crippen LogP contribution in [0, 0.1) is 5.92 Å². The van der Waals surface area contributed by atoms with Crippen molar-refractivity contribution in [2.24, 2.45) is 11.7 Å². The van der Waals surface area contributed by atoms with Gasteiger partial charge in [0.05, 0.1) is 11.6 Å². The summed E-state index contributed by atoms with van der Waals surface area (Å²) in [6.07, 6.45) is 0.412. The van der Waals surface area contributed by atoms with Crippen molar-refractivity contribution in [3.8, 4) is 27.3 Å². The molecule has 1 fully saturated rings. The number of primary amides is 1. The molecule has 12 heteroatoms. The molecule has 1 saturated heterocycles. The molecule has 0 saturated carbocycles. The van der Waals surface area contributed by atoms with Crippen molar-refractivity contribution in [3.05, 3.63) is 98.3 Å². The summed E-state index contributed by atoms with van der Waals surface area (Å²) in [5.41, 5.74) is 8.75. The normalized spacial score (nSPS) is 16.3. The van der Waals surface area contributed by atoms with Gasteiger partial charge in [-0.15, -0.1) is 11.3 Å². The maximum absolute atomic E-state index is 14.4. The Bertz CT molecular complexity index is 1700. The van der Waals surface area contributed by atoms with Gasteiger partial charge in [0, 0.05) is 51.0 Å². The lowest BCUT2D eigenvalue weighted by atomic mass is 9.80. The van der Waals surface area contributed by atoms with E-state index in [4.69, 9.17) is 50.4 Å². The van der Waals surface area contributed by atoms with Crippen molar-refractivity contribution in [2.75, 3.05) is 32.8 Å². The van der Waals surface area contributed by atoms with Crippen LogP contribution in [0.5, 0.6) is 5.75 Å². The van der Waals surface area contributed by atoms with Gasteiger partial charge in [-0.05, 0) is 41.8 Å². The Kier molecular flexibility index (Phi) is 10.7. The van der Waals surface area contributed by atoms with E-state index in [0.29, 0.717) is 54.7 Å². The van der Waals surface area contributed by atoms with Crippen LogP contribution in [0.1, 0.15) is 27.6 Å². The molecule has 8 nitrogen and oxygen atoms in total. The molecule has 2 atom stereocenters. The van der Waals surface area contributed by atoms with E-state index in [9.17, 15) is 14.4 Å². The third-order valence-electron chi connectivity index (χ3n) is 7.67. The van der Waals surface area contributed by atoms with Gasteiger partial charge in [0.25, 0.3) is 5.91 Å². The molecule has 1 aliphatic rings. The largest absolute Gasteiger partial charge is 0.489 e. The van der Waals surface area contributed by atoms with Crippen LogP contribution in [0.15, 0.2) is 72.8 Å². The molecule has 3 amide bonds. The van der Waals surface area contributed by atoms with Crippen LogP contribution in [-0.2, 0) is 9.59 Å². The zero-order chi connectivity index (χ0) is 32.1. The number of hydrogen-bond acceptors (Lipinski definition) is 6. The first-order valence-electron chi connectivity index (χ1n) is 14.2. The monoisotopic (exact) mass is 685 g/mol. The average molecular weight is 687 g/mol. The molecule has 1 aliphatic heterocycles. The van der Waals surface area contributed by atoms with E-state index in [1.807, 2.05) is 42.5 Å². The van der Waals surface area contributed by atoms with Gasteiger partial charge in [0.2, 0.25) is 11.8 Å². The number of nitrogens with one attached hydrogen (secondary N) is 1. The number of thiophene rings is 1. The number of aliphatic hydroxyl groups is 1. The third-order valence-corrected chi connectivity index (χ3v) is 9.67. The molecule has 45 heavy (non-hydrogen) atoms. The van der Waals surface area contributed by atoms with Crippen LogP contribution < -0.4 is 15.8 Å². The quantitative estimate of drug-likeness (QED) is 0.170. The number of carbonyl (C=O) groups excluding carboxylic acids is 3. The lowest BCUT2D eigenvalue weighted by Gasteiger charge is -2.37. The van der Waals surface area contributed by atoms with E-state index in [0.717, 1.165) is 11.1 Å². The Morgan fingerprint density at radius 1 is 1.00 bits per heavy atom. The number of amides is 3. The zero-order valence-electron chi connectivity index (χ0n) is 24.0. The number of hydrogen-bond donors (Lipinski definition) is 3. The second-order valence-electron chi connectivity index (χ2n) is 10.5. The van der Waals surface area contributed by atoms with E-state index >= 15 is 0 Å². The number of carbonyl (C=O) groups is 3. The number of ether oxygens (including phenoxy) is 1. The summed E-state index contributed by atoms with van der Waals surface area (Å²) in [6, 6.07) is 21.9. The highest BCUT2D eigenvalue weighted by Crippen LogP contribution is 2.50.